The van der Waals surface area contributed by atoms with Gasteiger partial charge in [-0.05, 0) is 37.1 Å². The minimum atomic E-state index is -4.54. The summed E-state index contributed by atoms with van der Waals surface area (Å²) in [7, 11) is 0. The van der Waals surface area contributed by atoms with E-state index in [4.69, 9.17) is 4.42 Å². The fourth-order valence-electron chi connectivity index (χ4n) is 3.23. The largest absolute Gasteiger partial charge is 0.459 e. The summed E-state index contributed by atoms with van der Waals surface area (Å²) in [6.07, 6.45) is -2.00. The third kappa shape index (κ3) is 5.40. The van der Waals surface area contributed by atoms with Gasteiger partial charge < -0.3 is 20.0 Å². The first kappa shape index (κ1) is 21.4. The molecule has 0 saturated carbocycles. The molecule has 1 aromatic carbocycles. The molecule has 1 atom stereocenters. The highest BCUT2D eigenvalue weighted by Gasteiger charge is 2.31. The fraction of sp³-hybridized carbons (Fsp3) is 0.350. The average Bonchev–Trinajstić information content (AvgIpc) is 3.26. The number of anilines is 1. The highest BCUT2D eigenvalue weighted by atomic mass is 19.4. The number of para-hydroxylation sites is 1. The Morgan fingerprint density at radius 1 is 1.13 bits per heavy atom. The van der Waals surface area contributed by atoms with Crippen molar-refractivity contribution in [1.82, 2.24) is 10.2 Å². The molecule has 1 unspecified atom stereocenters. The number of amides is 3. The van der Waals surface area contributed by atoms with Crippen molar-refractivity contribution < 1.29 is 32.0 Å². The van der Waals surface area contributed by atoms with Crippen LogP contribution in [-0.4, -0.2) is 48.4 Å². The number of likely N-dealkylation sites (tertiary alicyclic amines) is 1. The molecule has 3 amide bonds. The van der Waals surface area contributed by atoms with E-state index in [1.165, 1.54) is 29.4 Å². The molecule has 0 radical (unpaired) electrons. The molecular weight excluding hydrogens is 403 g/mol. The summed E-state index contributed by atoms with van der Waals surface area (Å²) in [5, 5.41) is 4.40. The molecule has 1 aliphatic rings. The monoisotopic (exact) mass is 423 g/mol. The number of hydrogen-bond acceptors (Lipinski definition) is 4. The number of benzene rings is 1. The maximum Gasteiger partial charge on any atom is 0.405 e. The minimum absolute atomic E-state index is 0.0746. The molecule has 1 aromatic heterocycles. The second kappa shape index (κ2) is 9.02. The van der Waals surface area contributed by atoms with E-state index in [9.17, 15) is 27.6 Å². The molecule has 0 spiro atoms. The quantitative estimate of drug-likeness (QED) is 0.773. The maximum absolute atomic E-state index is 12.7. The summed E-state index contributed by atoms with van der Waals surface area (Å²) < 4.78 is 42.2. The topological polar surface area (TPSA) is 91.7 Å². The normalized spacial score (nSPS) is 16.8. The van der Waals surface area contributed by atoms with Gasteiger partial charge in [-0.2, -0.15) is 13.2 Å². The van der Waals surface area contributed by atoms with Crippen LogP contribution in [0, 0.1) is 5.92 Å². The Bertz CT molecular complexity index is 912. The number of rotatable bonds is 5. The van der Waals surface area contributed by atoms with E-state index in [1.54, 1.807) is 23.5 Å². The first-order valence-electron chi connectivity index (χ1n) is 9.32. The Kier molecular flexibility index (Phi) is 6.43. The molecule has 1 fully saturated rings. The number of piperidine rings is 1. The summed E-state index contributed by atoms with van der Waals surface area (Å²) in [6, 6.07) is 8.96. The number of carbonyl (C=O) groups excluding carboxylic acids is 3. The van der Waals surface area contributed by atoms with E-state index in [2.05, 4.69) is 5.32 Å². The van der Waals surface area contributed by atoms with Gasteiger partial charge in [-0.1, -0.05) is 12.1 Å². The minimum Gasteiger partial charge on any atom is -0.459 e. The van der Waals surface area contributed by atoms with Gasteiger partial charge in [-0.15, -0.1) is 0 Å². The summed E-state index contributed by atoms with van der Waals surface area (Å²) in [5.74, 6) is -2.01. The zero-order valence-electron chi connectivity index (χ0n) is 15.9. The van der Waals surface area contributed by atoms with Crippen LogP contribution in [0.15, 0.2) is 47.1 Å². The van der Waals surface area contributed by atoms with Crippen LogP contribution in [0.5, 0.6) is 0 Å². The summed E-state index contributed by atoms with van der Waals surface area (Å²) in [4.78, 5) is 38.8. The number of nitrogens with one attached hydrogen (secondary N) is 2. The number of carbonyl (C=O) groups is 3. The highest BCUT2D eigenvalue weighted by molar-refractivity contribution is 6.04. The Morgan fingerprint density at radius 3 is 2.60 bits per heavy atom. The zero-order valence-corrected chi connectivity index (χ0v) is 15.9. The summed E-state index contributed by atoms with van der Waals surface area (Å²) >= 11 is 0. The van der Waals surface area contributed by atoms with Crippen molar-refractivity contribution in [1.29, 1.82) is 0 Å². The molecule has 30 heavy (non-hydrogen) atoms. The predicted molar refractivity (Wildman–Crippen MR) is 101 cm³/mol. The van der Waals surface area contributed by atoms with Crippen LogP contribution in [0.4, 0.5) is 18.9 Å². The van der Waals surface area contributed by atoms with Gasteiger partial charge in [0.15, 0.2) is 5.76 Å². The first-order chi connectivity index (χ1) is 14.2. The molecule has 7 nitrogen and oxygen atoms in total. The fourth-order valence-corrected chi connectivity index (χ4v) is 3.23. The van der Waals surface area contributed by atoms with Crippen molar-refractivity contribution in [3.63, 3.8) is 0 Å². The second-order valence-corrected chi connectivity index (χ2v) is 6.90. The molecule has 10 heteroatoms. The highest BCUT2D eigenvalue weighted by Crippen LogP contribution is 2.22. The van der Waals surface area contributed by atoms with Crippen molar-refractivity contribution >= 4 is 23.4 Å². The molecule has 160 valence electrons. The van der Waals surface area contributed by atoms with Gasteiger partial charge in [0.1, 0.15) is 6.54 Å². The lowest BCUT2D eigenvalue weighted by atomic mass is 9.96. The van der Waals surface area contributed by atoms with Crippen LogP contribution < -0.4 is 10.6 Å². The molecule has 3 rings (SSSR count). The van der Waals surface area contributed by atoms with Gasteiger partial charge >= 0.3 is 6.18 Å². The second-order valence-electron chi connectivity index (χ2n) is 6.90. The van der Waals surface area contributed by atoms with Crippen molar-refractivity contribution in [2.24, 2.45) is 5.92 Å². The van der Waals surface area contributed by atoms with Crippen molar-refractivity contribution in [3.8, 4) is 0 Å². The molecule has 2 aromatic rings. The number of alkyl halides is 3. The summed E-state index contributed by atoms with van der Waals surface area (Å²) in [6.45, 7) is -0.811. The van der Waals surface area contributed by atoms with Crippen LogP contribution in [0.3, 0.4) is 0 Å². The van der Waals surface area contributed by atoms with Gasteiger partial charge in [0.05, 0.1) is 23.4 Å². The standard InChI is InChI=1S/C20H20F3N3O4/c21-20(22,23)12-24-18(28)14-6-1-2-7-15(14)25-17(27)13-5-3-9-26(11-13)19(29)16-8-4-10-30-16/h1-2,4,6-8,10,13H,3,5,9,11-12H2,(H,24,28)(H,25,27). The Morgan fingerprint density at radius 2 is 1.90 bits per heavy atom. The number of hydrogen-bond donors (Lipinski definition) is 2. The van der Waals surface area contributed by atoms with Crippen LogP contribution in [0.2, 0.25) is 0 Å². The zero-order chi connectivity index (χ0) is 21.7. The van der Waals surface area contributed by atoms with Crippen LogP contribution in [0.25, 0.3) is 0 Å². The lowest BCUT2D eigenvalue weighted by Gasteiger charge is -2.31. The van der Waals surface area contributed by atoms with E-state index in [-0.39, 0.29) is 29.5 Å². The molecule has 0 aliphatic carbocycles. The van der Waals surface area contributed by atoms with E-state index < -0.39 is 30.5 Å². The molecule has 2 N–H and O–H groups in total. The van der Waals surface area contributed by atoms with Crippen LogP contribution in [0.1, 0.15) is 33.8 Å². The lowest BCUT2D eigenvalue weighted by molar-refractivity contribution is -0.123. The van der Waals surface area contributed by atoms with Gasteiger partial charge in [0, 0.05) is 13.1 Å². The van der Waals surface area contributed by atoms with E-state index in [0.717, 1.165) is 0 Å². The maximum atomic E-state index is 12.7. The molecule has 1 aliphatic heterocycles. The van der Waals surface area contributed by atoms with Crippen LogP contribution >= 0.6 is 0 Å². The van der Waals surface area contributed by atoms with Gasteiger partial charge in [0.2, 0.25) is 5.91 Å². The Hall–Kier alpha value is -3.30. The Balaban J connectivity index is 1.66. The molecule has 0 bridgehead atoms. The van der Waals surface area contributed by atoms with Gasteiger partial charge in [-0.3, -0.25) is 14.4 Å². The smallest absolute Gasteiger partial charge is 0.405 e. The number of nitrogens with zero attached hydrogens (tertiary/aromatic N) is 1. The molecular formula is C20H20F3N3O4. The average molecular weight is 423 g/mol. The van der Waals surface area contributed by atoms with E-state index in [0.29, 0.717) is 19.4 Å². The summed E-state index contributed by atoms with van der Waals surface area (Å²) in [5.41, 5.74) is 0.0334. The Labute approximate surface area is 170 Å². The van der Waals surface area contributed by atoms with Crippen LogP contribution in [-0.2, 0) is 4.79 Å². The van der Waals surface area contributed by atoms with Gasteiger partial charge in [0.25, 0.3) is 11.8 Å². The predicted octanol–water partition coefficient (Wildman–Crippen LogP) is 3.06. The third-order valence-corrected chi connectivity index (χ3v) is 4.69. The third-order valence-electron chi connectivity index (χ3n) is 4.69. The van der Waals surface area contributed by atoms with Gasteiger partial charge in [-0.25, -0.2) is 0 Å². The van der Waals surface area contributed by atoms with E-state index in [1.807, 2.05) is 0 Å². The number of furan rings is 1. The van der Waals surface area contributed by atoms with Crippen molar-refractivity contribution in [2.75, 3.05) is 25.0 Å². The molecule has 1 saturated heterocycles. The lowest BCUT2D eigenvalue weighted by Crippen LogP contribution is -2.43. The molecule has 2 heterocycles. The first-order valence-corrected chi connectivity index (χ1v) is 9.32. The number of halogens is 3. The van der Waals surface area contributed by atoms with E-state index >= 15 is 0 Å². The van der Waals surface area contributed by atoms with Crippen molar-refractivity contribution in [2.45, 2.75) is 19.0 Å². The SMILES string of the molecule is O=C(NCC(F)(F)F)c1ccccc1NC(=O)C1CCCN(C(=O)c2ccco2)C1. The van der Waals surface area contributed by atoms with Crippen molar-refractivity contribution in [3.05, 3.63) is 54.0 Å².